The van der Waals surface area contributed by atoms with Gasteiger partial charge in [-0.05, 0) is 24.2 Å². The normalized spacial score (nSPS) is 25.5. The Morgan fingerprint density at radius 2 is 2.00 bits per heavy atom. The molecule has 2 unspecified atom stereocenters. The molecule has 0 aromatic rings. The van der Waals surface area contributed by atoms with Crippen molar-refractivity contribution in [3.63, 3.8) is 0 Å². The van der Waals surface area contributed by atoms with Gasteiger partial charge < -0.3 is 15.0 Å². The number of hydrogen-bond acceptors (Lipinski definition) is 3. The summed E-state index contributed by atoms with van der Waals surface area (Å²) in [6.07, 6.45) is 0.746. The summed E-state index contributed by atoms with van der Waals surface area (Å²) < 4.78 is 4.70. The predicted octanol–water partition coefficient (Wildman–Crippen LogP) is 2.34. The number of amides is 1. The number of carbonyl (C=O) groups is 1. The molecular weight excluding hydrogens is 228 g/mol. The van der Waals surface area contributed by atoms with E-state index in [2.05, 4.69) is 37.9 Å². The van der Waals surface area contributed by atoms with E-state index in [1.54, 1.807) is 0 Å². The third kappa shape index (κ3) is 4.84. The first-order valence-corrected chi connectivity index (χ1v) is 6.99. The molecule has 2 atom stereocenters. The van der Waals surface area contributed by atoms with E-state index < -0.39 is 0 Å². The summed E-state index contributed by atoms with van der Waals surface area (Å²) in [4.78, 5) is 13.8. The highest BCUT2D eigenvalue weighted by molar-refractivity contribution is 5.67. The van der Waals surface area contributed by atoms with Crippen LogP contribution in [0.5, 0.6) is 0 Å². The van der Waals surface area contributed by atoms with Crippen LogP contribution in [0.4, 0.5) is 4.79 Å². The number of methoxy groups -OCH3 is 1. The van der Waals surface area contributed by atoms with Crippen molar-refractivity contribution in [2.45, 2.75) is 40.2 Å². The van der Waals surface area contributed by atoms with Gasteiger partial charge in [-0.25, -0.2) is 4.79 Å². The summed E-state index contributed by atoms with van der Waals surface area (Å²) in [5.41, 5.74) is 0. The van der Waals surface area contributed by atoms with Crippen LogP contribution in [0.1, 0.15) is 34.1 Å². The number of ether oxygens (including phenoxy) is 1. The average Bonchev–Trinajstić information content (AvgIpc) is 2.27. The number of carbonyl (C=O) groups excluding carboxylic acids is 1. The Balaban J connectivity index is 2.59. The fourth-order valence-electron chi connectivity index (χ4n) is 2.71. The van der Waals surface area contributed by atoms with Crippen molar-refractivity contribution < 1.29 is 9.53 Å². The fraction of sp³-hybridized carbons (Fsp3) is 0.929. The number of hydrogen-bond donors (Lipinski definition) is 1. The summed E-state index contributed by atoms with van der Waals surface area (Å²) in [6, 6.07) is 0.220. The number of likely N-dealkylation sites (tertiary alicyclic amines) is 1. The van der Waals surface area contributed by atoms with E-state index in [-0.39, 0.29) is 12.1 Å². The zero-order valence-electron chi connectivity index (χ0n) is 12.4. The fourth-order valence-corrected chi connectivity index (χ4v) is 2.71. The number of piperidine rings is 1. The largest absolute Gasteiger partial charge is 0.453 e. The molecule has 0 radical (unpaired) electrons. The minimum atomic E-state index is -0.311. The lowest BCUT2D eigenvalue weighted by Gasteiger charge is -2.40. The van der Waals surface area contributed by atoms with Crippen molar-refractivity contribution in [1.29, 1.82) is 0 Å². The van der Waals surface area contributed by atoms with Gasteiger partial charge in [0.25, 0.3) is 0 Å². The Labute approximate surface area is 111 Å². The van der Waals surface area contributed by atoms with Gasteiger partial charge in [0.05, 0.1) is 7.11 Å². The van der Waals surface area contributed by atoms with Crippen LogP contribution in [0.25, 0.3) is 0 Å². The van der Waals surface area contributed by atoms with Gasteiger partial charge in [-0.15, -0.1) is 0 Å². The first kappa shape index (κ1) is 15.3. The molecule has 1 N–H and O–H groups in total. The van der Waals surface area contributed by atoms with Crippen LogP contribution in [0, 0.1) is 17.8 Å². The molecule has 1 saturated heterocycles. The van der Waals surface area contributed by atoms with E-state index in [1.807, 2.05) is 0 Å². The topological polar surface area (TPSA) is 41.6 Å². The second-order valence-electron chi connectivity index (χ2n) is 6.19. The summed E-state index contributed by atoms with van der Waals surface area (Å²) >= 11 is 0. The molecule has 4 heteroatoms. The molecule has 1 fully saturated rings. The van der Waals surface area contributed by atoms with Gasteiger partial charge in [0.2, 0.25) is 0 Å². The van der Waals surface area contributed by atoms with Crippen molar-refractivity contribution in [2.75, 3.05) is 26.7 Å². The molecule has 0 aromatic heterocycles. The molecule has 0 spiro atoms. The van der Waals surface area contributed by atoms with Crippen molar-refractivity contribution in [3.05, 3.63) is 0 Å². The van der Waals surface area contributed by atoms with Crippen molar-refractivity contribution in [3.8, 4) is 0 Å². The summed E-state index contributed by atoms with van der Waals surface area (Å²) in [6.45, 7) is 12.2. The Hall–Kier alpha value is -0.770. The van der Waals surface area contributed by atoms with E-state index in [0.717, 1.165) is 26.1 Å². The maximum atomic E-state index is 11.3. The van der Waals surface area contributed by atoms with Crippen LogP contribution >= 0.6 is 0 Å². The highest BCUT2D eigenvalue weighted by Crippen LogP contribution is 2.24. The van der Waals surface area contributed by atoms with Crippen LogP contribution in [-0.2, 0) is 4.74 Å². The van der Waals surface area contributed by atoms with E-state index in [4.69, 9.17) is 4.74 Å². The summed E-state index contributed by atoms with van der Waals surface area (Å²) in [5.74, 6) is 1.97. The highest BCUT2D eigenvalue weighted by Gasteiger charge is 2.30. The second-order valence-corrected chi connectivity index (χ2v) is 6.19. The molecular formula is C14H28N2O2. The maximum absolute atomic E-state index is 11.3. The van der Waals surface area contributed by atoms with Gasteiger partial charge in [-0.2, -0.15) is 0 Å². The molecule has 0 saturated carbocycles. The molecule has 1 rings (SSSR count). The molecule has 0 bridgehead atoms. The maximum Gasteiger partial charge on any atom is 0.407 e. The average molecular weight is 256 g/mol. The van der Waals surface area contributed by atoms with Gasteiger partial charge in [-0.1, -0.05) is 27.7 Å². The smallest absolute Gasteiger partial charge is 0.407 e. The molecule has 1 amide bonds. The van der Waals surface area contributed by atoms with Gasteiger partial charge in [-0.3, -0.25) is 0 Å². The molecule has 106 valence electrons. The lowest BCUT2D eigenvalue weighted by atomic mass is 9.85. The molecule has 1 aliphatic heterocycles. The number of nitrogens with one attached hydrogen (secondary N) is 1. The van der Waals surface area contributed by atoms with E-state index in [9.17, 15) is 4.79 Å². The van der Waals surface area contributed by atoms with Gasteiger partial charge >= 0.3 is 6.09 Å². The monoisotopic (exact) mass is 256 g/mol. The third-order valence-electron chi connectivity index (χ3n) is 3.63. The first-order chi connectivity index (χ1) is 8.42. The zero-order chi connectivity index (χ0) is 13.7. The predicted molar refractivity (Wildman–Crippen MR) is 73.6 cm³/mol. The van der Waals surface area contributed by atoms with E-state index >= 15 is 0 Å². The quantitative estimate of drug-likeness (QED) is 0.839. The summed E-state index contributed by atoms with van der Waals surface area (Å²) in [7, 11) is 1.42. The highest BCUT2D eigenvalue weighted by atomic mass is 16.5. The Morgan fingerprint density at radius 3 is 2.50 bits per heavy atom. The Bertz CT molecular complexity index is 267. The van der Waals surface area contributed by atoms with Crippen molar-refractivity contribution >= 4 is 6.09 Å². The minimum Gasteiger partial charge on any atom is -0.453 e. The van der Waals surface area contributed by atoms with Crippen LogP contribution in [0.3, 0.4) is 0 Å². The van der Waals surface area contributed by atoms with Gasteiger partial charge in [0, 0.05) is 25.7 Å². The molecule has 0 aliphatic carbocycles. The molecule has 18 heavy (non-hydrogen) atoms. The van der Waals surface area contributed by atoms with E-state index in [0.29, 0.717) is 17.8 Å². The van der Waals surface area contributed by atoms with Gasteiger partial charge in [0.15, 0.2) is 0 Å². The summed E-state index contributed by atoms with van der Waals surface area (Å²) in [5, 5.41) is 2.95. The molecule has 1 aliphatic rings. The lowest BCUT2D eigenvalue weighted by Crippen LogP contribution is -2.52. The number of alkyl carbamates (subject to hydrolysis) is 1. The molecule has 0 aromatic carbocycles. The zero-order valence-corrected chi connectivity index (χ0v) is 12.4. The second kappa shape index (κ2) is 6.98. The Kier molecular flexibility index (Phi) is 5.93. The van der Waals surface area contributed by atoms with Gasteiger partial charge in [0.1, 0.15) is 0 Å². The SMILES string of the molecule is COC(=O)NC1CC(C(C)C)CN(CC(C)C)C1. The van der Waals surface area contributed by atoms with Crippen LogP contribution in [-0.4, -0.2) is 43.8 Å². The molecule has 1 heterocycles. The lowest BCUT2D eigenvalue weighted by molar-refractivity contribution is 0.0987. The number of rotatable bonds is 4. The van der Waals surface area contributed by atoms with Crippen LogP contribution < -0.4 is 5.32 Å². The van der Waals surface area contributed by atoms with Crippen molar-refractivity contribution in [2.24, 2.45) is 17.8 Å². The first-order valence-electron chi connectivity index (χ1n) is 6.99. The van der Waals surface area contributed by atoms with Crippen LogP contribution in [0.15, 0.2) is 0 Å². The standard InChI is InChI=1S/C14H28N2O2/c1-10(2)7-16-8-12(11(3)4)6-13(9-16)15-14(17)18-5/h10-13H,6-9H2,1-5H3,(H,15,17). The minimum absolute atomic E-state index is 0.220. The van der Waals surface area contributed by atoms with E-state index in [1.165, 1.54) is 7.11 Å². The molecule has 4 nitrogen and oxygen atoms in total. The van der Waals surface area contributed by atoms with Crippen LogP contribution in [0.2, 0.25) is 0 Å². The number of nitrogens with zero attached hydrogens (tertiary/aromatic N) is 1. The van der Waals surface area contributed by atoms with Crippen molar-refractivity contribution in [1.82, 2.24) is 10.2 Å². The Morgan fingerprint density at radius 1 is 1.33 bits per heavy atom. The third-order valence-corrected chi connectivity index (χ3v) is 3.63.